The minimum atomic E-state index is -4.33. The van der Waals surface area contributed by atoms with Crippen molar-refractivity contribution in [2.24, 2.45) is 11.7 Å². The van der Waals surface area contributed by atoms with E-state index in [1.807, 2.05) is 18.7 Å². The molecule has 1 aromatic rings. The summed E-state index contributed by atoms with van der Waals surface area (Å²) < 4.78 is 37.7. The number of benzene rings is 1. The van der Waals surface area contributed by atoms with E-state index in [1.54, 1.807) is 0 Å². The molecule has 3 nitrogen and oxygen atoms in total. The molecule has 6 heteroatoms. The van der Waals surface area contributed by atoms with Gasteiger partial charge < -0.3 is 10.6 Å². The Balaban J connectivity index is 1.99. The highest BCUT2D eigenvalue weighted by Gasteiger charge is 2.32. The number of amides is 1. The largest absolute Gasteiger partial charge is 0.416 e. The lowest BCUT2D eigenvalue weighted by Gasteiger charge is -2.23. The predicted octanol–water partition coefficient (Wildman–Crippen LogP) is 3.39. The van der Waals surface area contributed by atoms with Crippen molar-refractivity contribution < 1.29 is 18.0 Å². The second-order valence-corrected chi connectivity index (χ2v) is 6.46. The molecule has 1 amide bonds. The third-order valence-corrected chi connectivity index (χ3v) is 4.60. The predicted molar refractivity (Wildman–Crippen MR) is 82.8 cm³/mol. The number of halogens is 3. The van der Waals surface area contributed by atoms with Gasteiger partial charge in [0.15, 0.2) is 0 Å². The molecule has 1 aromatic carbocycles. The van der Waals surface area contributed by atoms with Gasteiger partial charge in [-0.05, 0) is 49.4 Å². The topological polar surface area (TPSA) is 46.3 Å². The van der Waals surface area contributed by atoms with E-state index in [4.69, 9.17) is 5.73 Å². The first-order valence-corrected chi connectivity index (χ1v) is 7.89. The molecule has 1 fully saturated rings. The summed E-state index contributed by atoms with van der Waals surface area (Å²) in [5.41, 5.74) is 5.75. The van der Waals surface area contributed by atoms with Crippen molar-refractivity contribution >= 4 is 5.91 Å². The van der Waals surface area contributed by atoms with Crippen LogP contribution in [0.4, 0.5) is 13.2 Å². The summed E-state index contributed by atoms with van der Waals surface area (Å²) >= 11 is 0. The molecule has 3 unspecified atom stereocenters. The van der Waals surface area contributed by atoms with Crippen LogP contribution < -0.4 is 5.73 Å². The zero-order chi connectivity index (χ0) is 17.2. The van der Waals surface area contributed by atoms with Gasteiger partial charge in [-0.25, -0.2) is 0 Å². The van der Waals surface area contributed by atoms with Gasteiger partial charge in [0.25, 0.3) is 0 Å². The molecular formula is C17H23F3N2O. The van der Waals surface area contributed by atoms with E-state index in [2.05, 4.69) is 0 Å². The SMILES string of the molecule is CC(CC(=O)N1CC(CN)CC1C)c1ccc(C(F)(F)F)cc1. The van der Waals surface area contributed by atoms with E-state index < -0.39 is 11.7 Å². The third-order valence-electron chi connectivity index (χ3n) is 4.60. The molecule has 0 saturated carbocycles. The number of hydrogen-bond donors (Lipinski definition) is 1. The normalized spacial score (nSPS) is 23.1. The number of nitrogens with two attached hydrogens (primary N) is 1. The third kappa shape index (κ3) is 4.25. The van der Waals surface area contributed by atoms with Crippen LogP contribution in [0, 0.1) is 5.92 Å². The smallest absolute Gasteiger partial charge is 0.340 e. The number of alkyl halides is 3. The van der Waals surface area contributed by atoms with Gasteiger partial charge in [0.2, 0.25) is 5.91 Å². The molecule has 0 radical (unpaired) electrons. The van der Waals surface area contributed by atoms with Gasteiger partial charge in [0.05, 0.1) is 5.56 Å². The number of likely N-dealkylation sites (tertiary alicyclic amines) is 1. The van der Waals surface area contributed by atoms with Crippen molar-refractivity contribution in [2.45, 2.75) is 44.8 Å². The van der Waals surface area contributed by atoms with Crippen molar-refractivity contribution in [2.75, 3.05) is 13.1 Å². The first kappa shape index (κ1) is 17.8. The molecule has 128 valence electrons. The fourth-order valence-electron chi connectivity index (χ4n) is 3.16. The quantitative estimate of drug-likeness (QED) is 0.921. The second-order valence-electron chi connectivity index (χ2n) is 6.46. The average Bonchev–Trinajstić information content (AvgIpc) is 2.87. The number of rotatable bonds is 4. The van der Waals surface area contributed by atoms with E-state index in [0.29, 0.717) is 25.4 Å². The highest BCUT2D eigenvalue weighted by atomic mass is 19.4. The van der Waals surface area contributed by atoms with Crippen LogP contribution in [0.2, 0.25) is 0 Å². The van der Waals surface area contributed by atoms with Gasteiger partial charge in [-0.2, -0.15) is 13.2 Å². The Bertz CT molecular complexity index is 542. The number of hydrogen-bond acceptors (Lipinski definition) is 2. The van der Waals surface area contributed by atoms with Crippen LogP contribution in [0.25, 0.3) is 0 Å². The zero-order valence-electron chi connectivity index (χ0n) is 13.4. The van der Waals surface area contributed by atoms with Crippen LogP contribution in [-0.4, -0.2) is 29.9 Å². The maximum atomic E-state index is 12.6. The minimum absolute atomic E-state index is 0.0425. The molecule has 0 bridgehead atoms. The Kier molecular flexibility index (Phi) is 5.34. The molecule has 2 N–H and O–H groups in total. The van der Waals surface area contributed by atoms with Gasteiger partial charge in [-0.3, -0.25) is 4.79 Å². The molecule has 23 heavy (non-hydrogen) atoms. The van der Waals surface area contributed by atoms with Crippen LogP contribution in [0.3, 0.4) is 0 Å². The van der Waals surface area contributed by atoms with E-state index in [9.17, 15) is 18.0 Å². The number of carbonyl (C=O) groups excluding carboxylic acids is 1. The Morgan fingerprint density at radius 3 is 2.43 bits per heavy atom. The molecule has 1 heterocycles. The molecule has 1 aliphatic rings. The first-order valence-electron chi connectivity index (χ1n) is 7.89. The van der Waals surface area contributed by atoms with Crippen molar-refractivity contribution in [3.05, 3.63) is 35.4 Å². The summed E-state index contributed by atoms with van der Waals surface area (Å²) in [6, 6.07) is 5.22. The zero-order valence-corrected chi connectivity index (χ0v) is 13.4. The lowest BCUT2D eigenvalue weighted by Crippen LogP contribution is -2.35. The van der Waals surface area contributed by atoms with Crippen LogP contribution in [0.5, 0.6) is 0 Å². The van der Waals surface area contributed by atoms with Crippen LogP contribution >= 0.6 is 0 Å². The maximum Gasteiger partial charge on any atom is 0.416 e. The monoisotopic (exact) mass is 328 g/mol. The highest BCUT2D eigenvalue weighted by Crippen LogP contribution is 2.31. The van der Waals surface area contributed by atoms with Gasteiger partial charge >= 0.3 is 6.18 Å². The van der Waals surface area contributed by atoms with Gasteiger partial charge in [-0.15, -0.1) is 0 Å². The summed E-state index contributed by atoms with van der Waals surface area (Å²) in [5, 5.41) is 0. The van der Waals surface area contributed by atoms with Crippen LogP contribution in [0.1, 0.15) is 43.7 Å². The molecule has 1 aliphatic heterocycles. The fourth-order valence-corrected chi connectivity index (χ4v) is 3.16. The van der Waals surface area contributed by atoms with Crippen molar-refractivity contribution in [3.63, 3.8) is 0 Å². The maximum absolute atomic E-state index is 12.6. The minimum Gasteiger partial charge on any atom is -0.340 e. The second kappa shape index (κ2) is 6.91. The summed E-state index contributed by atoms with van der Waals surface area (Å²) in [7, 11) is 0. The van der Waals surface area contributed by atoms with Crippen LogP contribution in [-0.2, 0) is 11.0 Å². The number of nitrogens with zero attached hydrogens (tertiary/aromatic N) is 1. The van der Waals surface area contributed by atoms with Crippen molar-refractivity contribution in [1.29, 1.82) is 0 Å². The molecule has 3 atom stereocenters. The van der Waals surface area contributed by atoms with E-state index in [-0.39, 0.29) is 17.9 Å². The molecular weight excluding hydrogens is 305 g/mol. The summed E-state index contributed by atoms with van der Waals surface area (Å²) in [6.45, 7) is 5.12. The first-order chi connectivity index (χ1) is 10.7. The fraction of sp³-hybridized carbons (Fsp3) is 0.588. The van der Waals surface area contributed by atoms with Gasteiger partial charge in [-0.1, -0.05) is 19.1 Å². The van der Waals surface area contributed by atoms with E-state index in [0.717, 1.165) is 24.1 Å². The van der Waals surface area contributed by atoms with Crippen molar-refractivity contribution in [1.82, 2.24) is 4.90 Å². The highest BCUT2D eigenvalue weighted by molar-refractivity contribution is 5.77. The van der Waals surface area contributed by atoms with Crippen LogP contribution in [0.15, 0.2) is 24.3 Å². The Morgan fingerprint density at radius 1 is 1.35 bits per heavy atom. The Hall–Kier alpha value is -1.56. The summed E-state index contributed by atoms with van der Waals surface area (Å²) in [5.74, 6) is 0.269. The van der Waals surface area contributed by atoms with Crippen molar-refractivity contribution in [3.8, 4) is 0 Å². The summed E-state index contributed by atoms with van der Waals surface area (Å²) in [6.07, 6.45) is -3.12. The number of carbonyl (C=O) groups is 1. The van der Waals surface area contributed by atoms with E-state index in [1.165, 1.54) is 12.1 Å². The lowest BCUT2D eigenvalue weighted by atomic mass is 9.96. The molecule has 0 aliphatic carbocycles. The lowest BCUT2D eigenvalue weighted by molar-refractivity contribution is -0.137. The average molecular weight is 328 g/mol. The molecule has 0 spiro atoms. The molecule has 2 rings (SSSR count). The van der Waals surface area contributed by atoms with E-state index >= 15 is 0 Å². The standard InChI is InChI=1S/C17H23F3N2O/c1-11(14-3-5-15(6-4-14)17(18,19)20)7-16(23)22-10-13(9-21)8-12(22)2/h3-6,11-13H,7-10,21H2,1-2H3. The molecule has 0 aromatic heterocycles. The molecule has 1 saturated heterocycles. The van der Waals surface area contributed by atoms with Gasteiger partial charge in [0, 0.05) is 19.0 Å². The van der Waals surface area contributed by atoms with Gasteiger partial charge in [0.1, 0.15) is 0 Å². The Morgan fingerprint density at radius 2 is 1.96 bits per heavy atom. The Labute approximate surface area is 134 Å². The summed E-state index contributed by atoms with van der Waals surface area (Å²) in [4.78, 5) is 14.3.